The van der Waals surface area contributed by atoms with Crippen molar-refractivity contribution in [2.24, 2.45) is 0 Å². The Morgan fingerprint density at radius 1 is 1.22 bits per heavy atom. The predicted molar refractivity (Wildman–Crippen MR) is 74.4 cm³/mol. The zero-order chi connectivity index (χ0) is 12.5. The van der Waals surface area contributed by atoms with Crippen molar-refractivity contribution >= 4 is 22.0 Å². The number of halogens is 1. The van der Waals surface area contributed by atoms with Gasteiger partial charge in [0, 0.05) is 17.1 Å². The topological polar surface area (TPSA) is 32.3 Å². The third-order valence-electron chi connectivity index (χ3n) is 3.97. The minimum Gasteiger partial charge on any atom is -0.335 e. The predicted octanol–water partition coefficient (Wildman–Crippen LogP) is 3.46. The van der Waals surface area contributed by atoms with Crippen LogP contribution in [0.5, 0.6) is 0 Å². The summed E-state index contributed by atoms with van der Waals surface area (Å²) in [6.45, 7) is 0.874. The Balaban J connectivity index is 1.63. The molecule has 2 amide bonds. The van der Waals surface area contributed by atoms with Crippen LogP contribution in [0.4, 0.5) is 4.79 Å². The highest BCUT2D eigenvalue weighted by atomic mass is 79.9. The van der Waals surface area contributed by atoms with Gasteiger partial charge in [-0.05, 0) is 43.4 Å². The van der Waals surface area contributed by atoms with Crippen molar-refractivity contribution in [2.45, 2.75) is 37.8 Å². The third kappa shape index (κ3) is 2.26. The smallest absolute Gasteiger partial charge is 0.318 e. The number of carbonyl (C=O) groups is 1. The van der Waals surface area contributed by atoms with Crippen molar-refractivity contribution in [3.63, 3.8) is 0 Å². The van der Waals surface area contributed by atoms with E-state index in [1.807, 2.05) is 17.0 Å². The SMILES string of the molecule is O=C(NC1CCC1)N1CCC1c1ccc(Br)cc1. The van der Waals surface area contributed by atoms with Crippen LogP contribution in [0.3, 0.4) is 0 Å². The van der Waals surface area contributed by atoms with E-state index in [4.69, 9.17) is 0 Å². The third-order valence-corrected chi connectivity index (χ3v) is 4.50. The van der Waals surface area contributed by atoms with Crippen LogP contribution in [0.15, 0.2) is 28.7 Å². The first kappa shape index (κ1) is 12.0. The molecule has 3 rings (SSSR count). The summed E-state index contributed by atoms with van der Waals surface area (Å²) in [5, 5.41) is 3.11. The molecule has 0 aromatic heterocycles. The first-order valence-electron chi connectivity index (χ1n) is 6.56. The number of hydrogen-bond donors (Lipinski definition) is 1. The molecule has 1 aromatic rings. The number of likely N-dealkylation sites (tertiary alicyclic amines) is 1. The van der Waals surface area contributed by atoms with Crippen molar-refractivity contribution in [3.8, 4) is 0 Å². The van der Waals surface area contributed by atoms with Gasteiger partial charge >= 0.3 is 6.03 Å². The zero-order valence-corrected chi connectivity index (χ0v) is 11.8. The lowest BCUT2D eigenvalue weighted by Crippen LogP contribution is -2.53. The van der Waals surface area contributed by atoms with E-state index in [9.17, 15) is 4.79 Å². The first-order chi connectivity index (χ1) is 8.74. The summed E-state index contributed by atoms with van der Waals surface area (Å²) in [6, 6.07) is 9.06. The van der Waals surface area contributed by atoms with Gasteiger partial charge in [-0.25, -0.2) is 4.79 Å². The van der Waals surface area contributed by atoms with E-state index in [1.165, 1.54) is 12.0 Å². The summed E-state index contributed by atoms with van der Waals surface area (Å²) in [6.07, 6.45) is 4.60. The molecule has 3 nitrogen and oxygen atoms in total. The monoisotopic (exact) mass is 308 g/mol. The van der Waals surface area contributed by atoms with Gasteiger partial charge < -0.3 is 10.2 Å². The second-order valence-electron chi connectivity index (χ2n) is 5.13. The van der Waals surface area contributed by atoms with Crippen molar-refractivity contribution in [2.75, 3.05) is 6.54 Å². The lowest BCUT2D eigenvalue weighted by molar-refractivity contribution is 0.109. The van der Waals surface area contributed by atoms with Crippen LogP contribution in [-0.4, -0.2) is 23.5 Å². The fourth-order valence-corrected chi connectivity index (χ4v) is 2.74. The normalized spacial score (nSPS) is 23.2. The van der Waals surface area contributed by atoms with Crippen LogP contribution < -0.4 is 5.32 Å². The number of rotatable bonds is 2. The number of amides is 2. The van der Waals surface area contributed by atoms with Crippen LogP contribution in [0.25, 0.3) is 0 Å². The highest BCUT2D eigenvalue weighted by Crippen LogP contribution is 2.34. The summed E-state index contributed by atoms with van der Waals surface area (Å²) >= 11 is 3.44. The highest BCUT2D eigenvalue weighted by Gasteiger charge is 2.34. The molecule has 0 spiro atoms. The Bertz CT molecular complexity index is 442. The lowest BCUT2D eigenvalue weighted by Gasteiger charge is -2.42. The maximum Gasteiger partial charge on any atom is 0.318 e. The number of benzene rings is 1. The van der Waals surface area contributed by atoms with Gasteiger partial charge in [0.25, 0.3) is 0 Å². The summed E-state index contributed by atoms with van der Waals surface area (Å²) in [4.78, 5) is 14.0. The van der Waals surface area contributed by atoms with E-state index in [2.05, 4.69) is 33.4 Å². The molecule has 2 aliphatic rings. The zero-order valence-electron chi connectivity index (χ0n) is 10.2. The van der Waals surface area contributed by atoms with Gasteiger partial charge in [0.15, 0.2) is 0 Å². The Hall–Kier alpha value is -1.03. The average Bonchev–Trinajstić information content (AvgIpc) is 2.25. The minimum absolute atomic E-state index is 0.110. The number of urea groups is 1. The van der Waals surface area contributed by atoms with E-state index in [-0.39, 0.29) is 12.1 Å². The maximum atomic E-state index is 12.1. The molecule has 4 heteroatoms. The molecular formula is C14H17BrN2O. The van der Waals surface area contributed by atoms with Crippen LogP contribution >= 0.6 is 15.9 Å². The van der Waals surface area contributed by atoms with E-state index in [1.54, 1.807) is 0 Å². The molecule has 18 heavy (non-hydrogen) atoms. The molecule has 1 heterocycles. The molecule has 96 valence electrons. The molecule has 1 atom stereocenters. The first-order valence-corrected chi connectivity index (χ1v) is 7.36. The van der Waals surface area contributed by atoms with Crippen molar-refractivity contribution < 1.29 is 4.79 Å². The number of nitrogens with one attached hydrogen (secondary N) is 1. The molecule has 1 aliphatic carbocycles. The van der Waals surface area contributed by atoms with Crippen molar-refractivity contribution in [1.82, 2.24) is 10.2 Å². The molecule has 1 unspecified atom stereocenters. The Labute approximate surface area is 116 Å². The molecule has 1 saturated heterocycles. The summed E-state index contributed by atoms with van der Waals surface area (Å²) < 4.78 is 1.08. The molecule has 1 aliphatic heterocycles. The molecule has 1 N–H and O–H groups in total. The van der Waals surface area contributed by atoms with E-state index < -0.39 is 0 Å². The Morgan fingerprint density at radius 2 is 1.94 bits per heavy atom. The molecule has 0 radical (unpaired) electrons. The van der Waals surface area contributed by atoms with Crippen molar-refractivity contribution in [1.29, 1.82) is 0 Å². The minimum atomic E-state index is 0.110. The molecule has 0 bridgehead atoms. The van der Waals surface area contributed by atoms with Crippen LogP contribution in [-0.2, 0) is 0 Å². The second kappa shape index (κ2) is 4.92. The van der Waals surface area contributed by atoms with Crippen LogP contribution in [0, 0.1) is 0 Å². The van der Waals surface area contributed by atoms with Gasteiger partial charge in [-0.3, -0.25) is 0 Å². The van der Waals surface area contributed by atoms with Crippen LogP contribution in [0.2, 0.25) is 0 Å². The largest absolute Gasteiger partial charge is 0.335 e. The number of carbonyl (C=O) groups excluding carboxylic acids is 1. The molecular weight excluding hydrogens is 292 g/mol. The summed E-state index contributed by atoms with van der Waals surface area (Å²) in [5.74, 6) is 0. The van der Waals surface area contributed by atoms with Gasteiger partial charge in [0.05, 0.1) is 6.04 Å². The fourth-order valence-electron chi connectivity index (χ4n) is 2.47. The Morgan fingerprint density at radius 3 is 2.44 bits per heavy atom. The van der Waals surface area contributed by atoms with Gasteiger partial charge in [0.2, 0.25) is 0 Å². The molecule has 2 fully saturated rings. The average molecular weight is 309 g/mol. The highest BCUT2D eigenvalue weighted by molar-refractivity contribution is 9.10. The second-order valence-corrected chi connectivity index (χ2v) is 6.04. The van der Waals surface area contributed by atoms with Gasteiger partial charge in [0.1, 0.15) is 0 Å². The van der Waals surface area contributed by atoms with Crippen molar-refractivity contribution in [3.05, 3.63) is 34.3 Å². The van der Waals surface area contributed by atoms with Crippen LogP contribution in [0.1, 0.15) is 37.3 Å². The lowest BCUT2D eigenvalue weighted by atomic mass is 9.92. The quantitative estimate of drug-likeness (QED) is 0.891. The summed E-state index contributed by atoms with van der Waals surface area (Å²) in [7, 11) is 0. The maximum absolute atomic E-state index is 12.1. The molecule has 1 saturated carbocycles. The molecule has 1 aromatic carbocycles. The summed E-state index contributed by atoms with van der Waals surface area (Å²) in [5.41, 5.74) is 1.23. The van der Waals surface area contributed by atoms with E-state index in [0.29, 0.717) is 6.04 Å². The standard InChI is InChI=1S/C14H17BrN2O/c15-11-6-4-10(5-7-11)13-8-9-17(13)14(18)16-12-2-1-3-12/h4-7,12-13H,1-3,8-9H2,(H,16,18). The van der Waals surface area contributed by atoms with E-state index >= 15 is 0 Å². The van der Waals surface area contributed by atoms with E-state index in [0.717, 1.165) is 30.3 Å². The number of nitrogens with zero attached hydrogens (tertiary/aromatic N) is 1. The van der Waals surface area contributed by atoms with Gasteiger partial charge in [-0.1, -0.05) is 28.1 Å². The number of hydrogen-bond acceptors (Lipinski definition) is 1. The van der Waals surface area contributed by atoms with Gasteiger partial charge in [-0.2, -0.15) is 0 Å². The van der Waals surface area contributed by atoms with Gasteiger partial charge in [-0.15, -0.1) is 0 Å². The Kier molecular flexibility index (Phi) is 3.29. The fraction of sp³-hybridized carbons (Fsp3) is 0.500.